The zero-order valence-corrected chi connectivity index (χ0v) is 17.3. The fraction of sp³-hybridized carbons (Fsp3) is 0.542. The lowest BCUT2D eigenvalue weighted by molar-refractivity contribution is -0.688. The maximum Gasteiger partial charge on any atom is 0.173 e. The topological polar surface area (TPSA) is 3.88 Å². The summed E-state index contributed by atoms with van der Waals surface area (Å²) in [6.45, 7) is 3.24. The van der Waals surface area contributed by atoms with Gasteiger partial charge in [-0.2, -0.15) is 0 Å². The number of hydrogen-bond donors (Lipinski definition) is 0. The predicted octanol–water partition coefficient (Wildman–Crippen LogP) is 3.49. The quantitative estimate of drug-likeness (QED) is 0.374. The Kier molecular flexibility index (Phi) is 12.9. The Labute approximate surface area is 167 Å². The van der Waals surface area contributed by atoms with Gasteiger partial charge in [0.05, 0.1) is 0 Å². The summed E-state index contributed by atoms with van der Waals surface area (Å²) in [5.74, 6) is 0. The Morgan fingerprint density at radius 2 is 1.15 bits per heavy atom. The summed E-state index contributed by atoms with van der Waals surface area (Å²) < 4.78 is 2.26. The zero-order chi connectivity index (χ0) is 17.6. The van der Waals surface area contributed by atoms with Crippen LogP contribution in [0.1, 0.15) is 82.3 Å². The van der Waals surface area contributed by atoms with Crippen LogP contribution in [0.3, 0.4) is 0 Å². The van der Waals surface area contributed by atoms with E-state index in [4.69, 9.17) is 0 Å². The second kappa shape index (κ2) is 14.8. The molecule has 0 aliphatic rings. The van der Waals surface area contributed by atoms with Gasteiger partial charge in [0.2, 0.25) is 0 Å². The van der Waals surface area contributed by atoms with Gasteiger partial charge >= 0.3 is 0 Å². The summed E-state index contributed by atoms with van der Waals surface area (Å²) in [4.78, 5) is 0. The van der Waals surface area contributed by atoms with Gasteiger partial charge in [-0.25, -0.2) is 4.57 Å². The first-order valence-corrected chi connectivity index (χ1v) is 10.4. The van der Waals surface area contributed by atoms with Gasteiger partial charge in [-0.1, -0.05) is 95.0 Å². The minimum Gasteiger partial charge on any atom is -1.00 e. The maximum atomic E-state index is 2.29. The van der Waals surface area contributed by atoms with E-state index in [2.05, 4.69) is 66.3 Å². The highest BCUT2D eigenvalue weighted by molar-refractivity contribution is 5.13. The third-order valence-corrected chi connectivity index (χ3v) is 4.99. The summed E-state index contributed by atoms with van der Waals surface area (Å²) in [6, 6.07) is 15.2. The highest BCUT2D eigenvalue weighted by Gasteiger charge is 2.02. The van der Waals surface area contributed by atoms with E-state index in [0.717, 1.165) is 6.54 Å². The molecular formula is C24H36ClN. The van der Waals surface area contributed by atoms with Crippen molar-refractivity contribution in [2.24, 2.45) is 0 Å². The molecule has 26 heavy (non-hydrogen) atoms. The minimum atomic E-state index is 0. The van der Waals surface area contributed by atoms with Crippen LogP contribution in [0.15, 0.2) is 54.9 Å². The third kappa shape index (κ3) is 9.97. The molecule has 0 aliphatic carbocycles. The third-order valence-electron chi connectivity index (χ3n) is 4.99. The van der Waals surface area contributed by atoms with Crippen LogP contribution in [0.5, 0.6) is 0 Å². The number of rotatable bonds is 13. The molecule has 0 bridgehead atoms. The Morgan fingerprint density at radius 1 is 0.615 bits per heavy atom. The number of halogens is 1. The first kappa shape index (κ1) is 22.7. The first-order chi connectivity index (χ1) is 12.4. The number of hydrogen-bond acceptors (Lipinski definition) is 0. The van der Waals surface area contributed by atoms with E-state index < -0.39 is 0 Å². The van der Waals surface area contributed by atoms with Gasteiger partial charge in [0.15, 0.2) is 18.9 Å². The van der Waals surface area contributed by atoms with Gasteiger partial charge in [-0.3, -0.25) is 0 Å². The summed E-state index contributed by atoms with van der Waals surface area (Å²) >= 11 is 0. The maximum absolute atomic E-state index is 2.29. The largest absolute Gasteiger partial charge is 1.00 e. The zero-order valence-electron chi connectivity index (χ0n) is 16.5. The Bertz CT molecular complexity index is 550. The standard InChI is InChI=1S/C24H36N.ClH/c1-2-3-4-5-6-7-8-9-10-12-15-23-18-20-25(21-19-23)22-24-16-13-11-14-17-24;/h11,13-14,16-21H,2-10,12,15,22H2,1H3;1H/q+1;/p-1. The molecule has 0 saturated heterocycles. The minimum absolute atomic E-state index is 0. The van der Waals surface area contributed by atoms with Crippen LogP contribution in [0.2, 0.25) is 0 Å². The number of pyridine rings is 1. The van der Waals surface area contributed by atoms with Gasteiger partial charge < -0.3 is 12.4 Å². The van der Waals surface area contributed by atoms with Crippen LogP contribution >= 0.6 is 0 Å². The monoisotopic (exact) mass is 373 g/mol. The van der Waals surface area contributed by atoms with E-state index in [-0.39, 0.29) is 12.4 Å². The van der Waals surface area contributed by atoms with Crippen molar-refractivity contribution in [3.05, 3.63) is 66.0 Å². The van der Waals surface area contributed by atoms with Crippen molar-refractivity contribution in [1.82, 2.24) is 0 Å². The van der Waals surface area contributed by atoms with E-state index in [9.17, 15) is 0 Å². The van der Waals surface area contributed by atoms with Crippen LogP contribution < -0.4 is 17.0 Å². The van der Waals surface area contributed by atoms with Crippen molar-refractivity contribution < 1.29 is 17.0 Å². The highest BCUT2D eigenvalue weighted by Crippen LogP contribution is 2.12. The number of benzene rings is 1. The molecule has 0 N–H and O–H groups in total. The van der Waals surface area contributed by atoms with Gasteiger partial charge in [-0.05, 0) is 18.4 Å². The van der Waals surface area contributed by atoms with Crippen LogP contribution in [-0.2, 0) is 13.0 Å². The lowest BCUT2D eigenvalue weighted by Gasteiger charge is -2.03. The molecular weight excluding hydrogens is 338 g/mol. The molecule has 0 spiro atoms. The Morgan fingerprint density at radius 3 is 1.73 bits per heavy atom. The second-order valence-electron chi connectivity index (χ2n) is 7.30. The fourth-order valence-electron chi connectivity index (χ4n) is 3.37. The molecule has 1 nitrogen and oxygen atoms in total. The average Bonchev–Trinajstić information content (AvgIpc) is 2.65. The van der Waals surface area contributed by atoms with Gasteiger partial charge in [0.25, 0.3) is 0 Å². The number of nitrogens with zero attached hydrogens (tertiary/aromatic N) is 1. The first-order valence-electron chi connectivity index (χ1n) is 10.4. The lowest BCUT2D eigenvalue weighted by Crippen LogP contribution is -3.00. The Balaban J connectivity index is 0.00000338. The van der Waals surface area contributed by atoms with Crippen LogP contribution in [0, 0.1) is 0 Å². The van der Waals surface area contributed by atoms with Gasteiger partial charge in [-0.15, -0.1) is 0 Å². The Hall–Kier alpha value is -1.34. The summed E-state index contributed by atoms with van der Waals surface area (Å²) in [5.41, 5.74) is 2.83. The molecule has 0 radical (unpaired) electrons. The van der Waals surface area contributed by atoms with Crippen molar-refractivity contribution in [1.29, 1.82) is 0 Å². The molecule has 0 amide bonds. The lowest BCUT2D eigenvalue weighted by atomic mass is 10.0. The number of unbranched alkanes of at least 4 members (excludes halogenated alkanes) is 9. The molecule has 0 unspecified atom stereocenters. The molecule has 1 heterocycles. The number of aromatic nitrogens is 1. The molecule has 0 fully saturated rings. The molecule has 1 aromatic carbocycles. The molecule has 2 rings (SSSR count). The average molecular weight is 374 g/mol. The van der Waals surface area contributed by atoms with Crippen molar-refractivity contribution in [3.63, 3.8) is 0 Å². The molecule has 1 aromatic heterocycles. The van der Waals surface area contributed by atoms with E-state index in [1.807, 2.05) is 0 Å². The smallest absolute Gasteiger partial charge is 0.173 e. The van der Waals surface area contributed by atoms with Gasteiger partial charge in [0.1, 0.15) is 0 Å². The van der Waals surface area contributed by atoms with E-state index in [0.29, 0.717) is 0 Å². The number of aryl methyl sites for hydroxylation is 1. The molecule has 0 atom stereocenters. The van der Waals surface area contributed by atoms with E-state index in [1.54, 1.807) is 0 Å². The van der Waals surface area contributed by atoms with Crippen molar-refractivity contribution >= 4 is 0 Å². The SMILES string of the molecule is CCCCCCCCCCCCc1cc[n+](Cc2ccccc2)cc1.[Cl-]. The highest BCUT2D eigenvalue weighted by atomic mass is 35.5. The predicted molar refractivity (Wildman–Crippen MR) is 108 cm³/mol. The van der Waals surface area contributed by atoms with Gasteiger partial charge in [0, 0.05) is 17.7 Å². The van der Waals surface area contributed by atoms with Crippen molar-refractivity contribution in [2.45, 2.75) is 84.1 Å². The van der Waals surface area contributed by atoms with E-state index >= 15 is 0 Å². The molecule has 0 aliphatic heterocycles. The van der Waals surface area contributed by atoms with E-state index in [1.165, 1.54) is 81.8 Å². The van der Waals surface area contributed by atoms with Crippen LogP contribution in [-0.4, -0.2) is 0 Å². The molecule has 0 saturated carbocycles. The molecule has 2 heteroatoms. The normalized spacial score (nSPS) is 10.5. The second-order valence-corrected chi connectivity index (χ2v) is 7.30. The van der Waals surface area contributed by atoms with Crippen LogP contribution in [0.25, 0.3) is 0 Å². The molecule has 144 valence electrons. The van der Waals surface area contributed by atoms with Crippen LogP contribution in [0.4, 0.5) is 0 Å². The van der Waals surface area contributed by atoms with Crippen molar-refractivity contribution in [3.8, 4) is 0 Å². The van der Waals surface area contributed by atoms with Crippen molar-refractivity contribution in [2.75, 3.05) is 0 Å². The summed E-state index contributed by atoms with van der Waals surface area (Å²) in [7, 11) is 0. The summed E-state index contributed by atoms with van der Waals surface area (Å²) in [5, 5.41) is 0. The summed E-state index contributed by atoms with van der Waals surface area (Å²) in [6.07, 6.45) is 19.8. The molecule has 2 aromatic rings. The fourth-order valence-corrected chi connectivity index (χ4v) is 3.37.